The Morgan fingerprint density at radius 1 is 1.21 bits per heavy atom. The number of aliphatic carboxylic acids is 1. The van der Waals surface area contributed by atoms with Gasteiger partial charge in [-0.05, 0) is 19.3 Å². The number of hydrogen-bond acceptors (Lipinski definition) is 3. The third kappa shape index (κ3) is 3.59. The Hall–Kier alpha value is -1.79. The summed E-state index contributed by atoms with van der Waals surface area (Å²) in [5, 5.41) is 17.2. The maximum atomic E-state index is 11.8. The van der Waals surface area contributed by atoms with E-state index in [1.54, 1.807) is 0 Å². The van der Waals surface area contributed by atoms with Gasteiger partial charge < -0.3 is 21.1 Å². The van der Waals surface area contributed by atoms with E-state index < -0.39 is 11.9 Å². The number of nitrogens with one attached hydrogen (secondary N) is 3. The van der Waals surface area contributed by atoms with Crippen molar-refractivity contribution < 1.29 is 19.5 Å². The molecule has 7 heteroatoms. The normalized spacial score (nSPS) is 30.5. The standard InChI is InChI=1S/C12H19N3O4/c16-10-5-4-7(6-13-10)14-12(19)15-9-3-1-2-8(9)11(17)18/h7-9H,1-6H2,(H,13,16)(H,17,18)(H2,14,15,19). The van der Waals surface area contributed by atoms with Crippen LogP contribution in [-0.4, -0.2) is 41.6 Å². The molecule has 3 atom stereocenters. The summed E-state index contributed by atoms with van der Waals surface area (Å²) in [6, 6.07) is -0.725. The summed E-state index contributed by atoms with van der Waals surface area (Å²) in [5.74, 6) is -1.34. The van der Waals surface area contributed by atoms with Gasteiger partial charge in [-0.2, -0.15) is 0 Å². The van der Waals surface area contributed by atoms with Gasteiger partial charge in [-0.3, -0.25) is 9.59 Å². The molecule has 2 fully saturated rings. The molecule has 7 nitrogen and oxygen atoms in total. The van der Waals surface area contributed by atoms with Crippen LogP contribution < -0.4 is 16.0 Å². The lowest BCUT2D eigenvalue weighted by Gasteiger charge is -2.25. The molecule has 1 heterocycles. The average Bonchev–Trinajstić information content (AvgIpc) is 2.80. The molecular formula is C12H19N3O4. The molecule has 0 aromatic heterocycles. The number of carboxylic acid groups (broad SMARTS) is 1. The van der Waals surface area contributed by atoms with Gasteiger partial charge in [0.05, 0.1) is 5.92 Å². The van der Waals surface area contributed by atoms with Gasteiger partial charge in [-0.15, -0.1) is 0 Å². The van der Waals surface area contributed by atoms with Crippen molar-refractivity contribution in [2.75, 3.05) is 6.54 Å². The topological polar surface area (TPSA) is 108 Å². The summed E-state index contributed by atoms with van der Waals surface area (Å²) in [6.45, 7) is 0.430. The van der Waals surface area contributed by atoms with Crippen LogP contribution in [-0.2, 0) is 9.59 Å². The Bertz CT molecular complexity index is 375. The molecule has 0 aromatic rings. The molecule has 2 aliphatic rings. The molecule has 1 aliphatic heterocycles. The molecule has 2 rings (SSSR count). The maximum Gasteiger partial charge on any atom is 0.315 e. The minimum Gasteiger partial charge on any atom is -0.481 e. The minimum absolute atomic E-state index is 0.000178. The van der Waals surface area contributed by atoms with Crippen LogP contribution in [0, 0.1) is 5.92 Å². The SMILES string of the molecule is O=C1CCC(NC(=O)NC2CCCC2C(=O)O)CN1. The summed E-state index contributed by atoms with van der Waals surface area (Å²) in [6.07, 6.45) is 3.16. The zero-order valence-electron chi connectivity index (χ0n) is 10.6. The molecule has 0 spiro atoms. The van der Waals surface area contributed by atoms with E-state index in [1.165, 1.54) is 0 Å². The van der Waals surface area contributed by atoms with Crippen molar-refractivity contribution >= 4 is 17.9 Å². The Labute approximate surface area is 111 Å². The second-order valence-corrected chi connectivity index (χ2v) is 5.14. The van der Waals surface area contributed by atoms with E-state index in [9.17, 15) is 14.4 Å². The van der Waals surface area contributed by atoms with Crippen molar-refractivity contribution in [3.63, 3.8) is 0 Å². The fourth-order valence-corrected chi connectivity index (χ4v) is 2.68. The number of urea groups is 1. The van der Waals surface area contributed by atoms with E-state index in [1.807, 2.05) is 0 Å². The predicted octanol–water partition coefficient (Wildman–Crippen LogP) is -0.182. The van der Waals surface area contributed by atoms with Crippen molar-refractivity contribution in [3.8, 4) is 0 Å². The first kappa shape index (κ1) is 13.6. The van der Waals surface area contributed by atoms with Crippen molar-refractivity contribution in [2.45, 2.75) is 44.2 Å². The monoisotopic (exact) mass is 269 g/mol. The van der Waals surface area contributed by atoms with Crippen LogP contribution in [0.1, 0.15) is 32.1 Å². The zero-order valence-corrected chi connectivity index (χ0v) is 10.6. The first-order valence-corrected chi connectivity index (χ1v) is 6.63. The molecular weight excluding hydrogens is 250 g/mol. The van der Waals surface area contributed by atoms with Gasteiger partial charge >= 0.3 is 12.0 Å². The van der Waals surface area contributed by atoms with Gasteiger partial charge in [-0.1, -0.05) is 6.42 Å². The molecule has 4 N–H and O–H groups in total. The highest BCUT2D eigenvalue weighted by atomic mass is 16.4. The van der Waals surface area contributed by atoms with E-state index in [0.717, 1.165) is 6.42 Å². The average molecular weight is 269 g/mol. The van der Waals surface area contributed by atoms with Crippen LogP contribution in [0.2, 0.25) is 0 Å². The number of carboxylic acids is 1. The van der Waals surface area contributed by atoms with Crippen molar-refractivity contribution in [1.29, 1.82) is 0 Å². The van der Waals surface area contributed by atoms with Crippen molar-refractivity contribution in [3.05, 3.63) is 0 Å². The molecule has 106 valence electrons. The zero-order chi connectivity index (χ0) is 13.8. The smallest absolute Gasteiger partial charge is 0.315 e. The van der Waals surface area contributed by atoms with Crippen LogP contribution >= 0.6 is 0 Å². The molecule has 19 heavy (non-hydrogen) atoms. The largest absolute Gasteiger partial charge is 0.481 e. The molecule has 1 saturated carbocycles. The van der Waals surface area contributed by atoms with Gasteiger partial charge in [0.1, 0.15) is 0 Å². The van der Waals surface area contributed by atoms with Gasteiger partial charge in [0.2, 0.25) is 5.91 Å². The highest BCUT2D eigenvalue weighted by Gasteiger charge is 2.34. The first-order chi connectivity index (χ1) is 9.06. The highest BCUT2D eigenvalue weighted by Crippen LogP contribution is 2.25. The molecule has 0 aromatic carbocycles. The van der Waals surface area contributed by atoms with Crippen LogP contribution in [0.4, 0.5) is 4.79 Å². The summed E-state index contributed by atoms with van der Waals surface area (Å²) in [4.78, 5) is 33.8. The highest BCUT2D eigenvalue weighted by molar-refractivity contribution is 5.79. The van der Waals surface area contributed by atoms with Gasteiger partial charge in [0.25, 0.3) is 0 Å². The quantitative estimate of drug-likeness (QED) is 0.570. The van der Waals surface area contributed by atoms with E-state index >= 15 is 0 Å². The third-order valence-electron chi connectivity index (χ3n) is 3.75. The van der Waals surface area contributed by atoms with E-state index in [4.69, 9.17) is 5.11 Å². The van der Waals surface area contributed by atoms with Crippen LogP contribution in [0.5, 0.6) is 0 Å². The molecule has 3 unspecified atom stereocenters. The second-order valence-electron chi connectivity index (χ2n) is 5.14. The molecule has 0 bridgehead atoms. The third-order valence-corrected chi connectivity index (χ3v) is 3.75. The van der Waals surface area contributed by atoms with Crippen LogP contribution in [0.15, 0.2) is 0 Å². The van der Waals surface area contributed by atoms with E-state index in [2.05, 4.69) is 16.0 Å². The van der Waals surface area contributed by atoms with Gasteiger partial charge in [0.15, 0.2) is 0 Å². The lowest BCUT2D eigenvalue weighted by molar-refractivity contribution is -0.142. The van der Waals surface area contributed by atoms with Crippen LogP contribution in [0.25, 0.3) is 0 Å². The number of carbonyl (C=O) groups is 3. The number of carbonyl (C=O) groups excluding carboxylic acids is 2. The van der Waals surface area contributed by atoms with E-state index in [0.29, 0.717) is 32.2 Å². The fraction of sp³-hybridized carbons (Fsp3) is 0.750. The van der Waals surface area contributed by atoms with Gasteiger partial charge in [0, 0.05) is 25.0 Å². The number of amides is 3. The minimum atomic E-state index is -0.854. The predicted molar refractivity (Wildman–Crippen MR) is 66.5 cm³/mol. The Morgan fingerprint density at radius 3 is 2.63 bits per heavy atom. The lowest BCUT2D eigenvalue weighted by atomic mass is 10.0. The number of piperidine rings is 1. The number of hydrogen-bond donors (Lipinski definition) is 4. The summed E-state index contributed by atoms with van der Waals surface area (Å²) >= 11 is 0. The Morgan fingerprint density at radius 2 is 2.00 bits per heavy atom. The van der Waals surface area contributed by atoms with Crippen molar-refractivity contribution in [1.82, 2.24) is 16.0 Å². The van der Waals surface area contributed by atoms with E-state index in [-0.39, 0.29) is 24.0 Å². The van der Waals surface area contributed by atoms with Crippen LogP contribution in [0.3, 0.4) is 0 Å². The summed E-state index contributed by atoms with van der Waals surface area (Å²) < 4.78 is 0. The maximum absolute atomic E-state index is 11.8. The molecule has 1 aliphatic carbocycles. The Balaban J connectivity index is 1.78. The van der Waals surface area contributed by atoms with Gasteiger partial charge in [-0.25, -0.2) is 4.79 Å². The summed E-state index contributed by atoms with van der Waals surface area (Å²) in [5.41, 5.74) is 0. The molecule has 0 radical (unpaired) electrons. The fourth-order valence-electron chi connectivity index (χ4n) is 2.68. The molecule has 3 amide bonds. The lowest BCUT2D eigenvalue weighted by Crippen LogP contribution is -2.53. The molecule has 1 saturated heterocycles. The van der Waals surface area contributed by atoms with Crippen molar-refractivity contribution in [2.24, 2.45) is 5.92 Å². The number of rotatable bonds is 3. The Kier molecular flexibility index (Phi) is 4.24. The summed E-state index contributed by atoms with van der Waals surface area (Å²) in [7, 11) is 0. The first-order valence-electron chi connectivity index (χ1n) is 6.63. The second kappa shape index (κ2) is 5.90.